The van der Waals surface area contributed by atoms with Crippen LogP contribution in [0.1, 0.15) is 51.5 Å². The van der Waals surface area contributed by atoms with Crippen LogP contribution in [0.15, 0.2) is 21.8 Å². The number of amides is 2. The maximum absolute atomic E-state index is 12.4. The van der Waals surface area contributed by atoms with Gasteiger partial charge in [0.2, 0.25) is 11.8 Å². The normalized spacial score (nSPS) is 14.4. The number of nitrogens with one attached hydrogen (secondary N) is 2. The monoisotopic (exact) mass is 563 g/mol. The second-order valence-electron chi connectivity index (χ2n) is 8.15. The lowest BCUT2D eigenvalue weighted by Gasteiger charge is -2.35. The van der Waals surface area contributed by atoms with Crippen molar-refractivity contribution in [2.75, 3.05) is 39.8 Å². The van der Waals surface area contributed by atoms with Crippen molar-refractivity contribution in [3.63, 3.8) is 0 Å². The minimum absolute atomic E-state index is 0. The Hall–Kier alpha value is -1.36. The maximum Gasteiger partial charge on any atom is 0.222 e. The van der Waals surface area contributed by atoms with Crippen molar-refractivity contribution in [3.05, 3.63) is 22.4 Å². The molecular formula is C22H38IN5O2S. The van der Waals surface area contributed by atoms with Gasteiger partial charge in [0.1, 0.15) is 0 Å². The van der Waals surface area contributed by atoms with Crippen molar-refractivity contribution in [1.29, 1.82) is 0 Å². The molecule has 9 heteroatoms. The number of rotatable bonds is 10. The Balaban J connectivity index is 0.00000480. The van der Waals surface area contributed by atoms with Crippen molar-refractivity contribution in [2.45, 2.75) is 52.5 Å². The largest absolute Gasteiger partial charge is 0.356 e. The summed E-state index contributed by atoms with van der Waals surface area (Å²) in [6, 6.07) is 2.10. The molecule has 2 N–H and O–H groups in total. The molecule has 0 aliphatic carbocycles. The number of nitrogens with zero attached hydrogens (tertiary/aromatic N) is 3. The number of aliphatic imine (C=N–C) groups is 1. The second-order valence-corrected chi connectivity index (χ2v) is 8.93. The molecule has 1 aliphatic heterocycles. The molecule has 1 aliphatic rings. The Morgan fingerprint density at radius 2 is 1.74 bits per heavy atom. The summed E-state index contributed by atoms with van der Waals surface area (Å²) in [6.07, 6.45) is 4.09. The number of halogens is 1. The fourth-order valence-corrected chi connectivity index (χ4v) is 4.09. The highest BCUT2D eigenvalue weighted by molar-refractivity contribution is 14.0. The van der Waals surface area contributed by atoms with E-state index in [-0.39, 0.29) is 35.8 Å². The van der Waals surface area contributed by atoms with Crippen molar-refractivity contribution < 1.29 is 9.59 Å². The molecule has 2 amide bonds. The number of unbranched alkanes of at least 4 members (excludes halogenated alkanes) is 2. The number of thiophene rings is 1. The standard InChI is InChI=1S/C22H37N5O2S.HI/c1-18(2)15-21(29)27-12-10-26(11-13-27)20(28)7-5-4-6-9-24-22(23-3)25-16-19-8-14-30-17-19;/h8,14,17-18H,4-7,9-13,15-16H2,1-3H3,(H2,23,24,25);1H. The van der Waals surface area contributed by atoms with Crippen LogP contribution in [0, 0.1) is 5.92 Å². The first-order valence-electron chi connectivity index (χ1n) is 11.0. The van der Waals surface area contributed by atoms with E-state index in [0.717, 1.165) is 38.3 Å². The minimum Gasteiger partial charge on any atom is -0.356 e. The van der Waals surface area contributed by atoms with E-state index in [1.54, 1.807) is 18.4 Å². The Kier molecular flexibility index (Phi) is 13.8. The summed E-state index contributed by atoms with van der Waals surface area (Å²) in [5.74, 6) is 1.61. The zero-order valence-corrected chi connectivity index (χ0v) is 22.2. The fourth-order valence-electron chi connectivity index (χ4n) is 3.43. The van der Waals surface area contributed by atoms with Crippen LogP contribution in [-0.2, 0) is 16.1 Å². The van der Waals surface area contributed by atoms with Gasteiger partial charge in [0.15, 0.2) is 5.96 Å². The Labute approximate surface area is 208 Å². The molecule has 0 saturated carbocycles. The van der Waals surface area contributed by atoms with Crippen LogP contribution in [0.2, 0.25) is 0 Å². The lowest BCUT2D eigenvalue weighted by Crippen LogP contribution is -2.50. The fraction of sp³-hybridized carbons (Fsp3) is 0.682. The van der Waals surface area contributed by atoms with Crippen LogP contribution in [-0.4, -0.2) is 67.3 Å². The molecule has 0 spiro atoms. The summed E-state index contributed by atoms with van der Waals surface area (Å²) in [5.41, 5.74) is 1.26. The molecule has 0 aromatic carbocycles. The molecule has 7 nitrogen and oxygen atoms in total. The third-order valence-corrected chi connectivity index (χ3v) is 5.92. The third-order valence-electron chi connectivity index (χ3n) is 5.19. The topological polar surface area (TPSA) is 77.0 Å². The molecule has 0 atom stereocenters. The van der Waals surface area contributed by atoms with Gasteiger partial charge in [-0.05, 0) is 41.1 Å². The van der Waals surface area contributed by atoms with E-state index in [1.807, 2.05) is 9.80 Å². The second kappa shape index (κ2) is 15.4. The average Bonchev–Trinajstić information content (AvgIpc) is 3.25. The van der Waals surface area contributed by atoms with Gasteiger partial charge in [-0.3, -0.25) is 14.6 Å². The molecule has 0 bridgehead atoms. The van der Waals surface area contributed by atoms with E-state index in [1.165, 1.54) is 5.56 Å². The number of carbonyl (C=O) groups excluding carboxylic acids is 2. The van der Waals surface area contributed by atoms with Crippen LogP contribution < -0.4 is 10.6 Å². The molecule has 176 valence electrons. The maximum atomic E-state index is 12.4. The van der Waals surface area contributed by atoms with Crippen LogP contribution in [0.25, 0.3) is 0 Å². The van der Waals surface area contributed by atoms with Gasteiger partial charge >= 0.3 is 0 Å². The van der Waals surface area contributed by atoms with E-state index in [4.69, 9.17) is 0 Å². The molecular weight excluding hydrogens is 525 g/mol. The van der Waals surface area contributed by atoms with Gasteiger partial charge in [-0.1, -0.05) is 20.3 Å². The Morgan fingerprint density at radius 3 is 2.32 bits per heavy atom. The summed E-state index contributed by atoms with van der Waals surface area (Å²) < 4.78 is 0. The molecule has 2 heterocycles. The summed E-state index contributed by atoms with van der Waals surface area (Å²) in [5, 5.41) is 10.8. The summed E-state index contributed by atoms with van der Waals surface area (Å²) in [6.45, 7) is 8.39. The molecule has 1 fully saturated rings. The smallest absolute Gasteiger partial charge is 0.222 e. The van der Waals surface area contributed by atoms with Gasteiger partial charge < -0.3 is 20.4 Å². The number of hydrogen-bond donors (Lipinski definition) is 2. The molecule has 0 unspecified atom stereocenters. The van der Waals surface area contributed by atoms with E-state index in [9.17, 15) is 9.59 Å². The highest BCUT2D eigenvalue weighted by Gasteiger charge is 2.23. The number of carbonyl (C=O) groups is 2. The molecule has 1 aromatic rings. The van der Waals surface area contributed by atoms with Crippen LogP contribution in [0.4, 0.5) is 0 Å². The number of guanidine groups is 1. The van der Waals surface area contributed by atoms with Crippen LogP contribution in [0.5, 0.6) is 0 Å². The van der Waals surface area contributed by atoms with E-state index in [0.29, 0.717) is 44.9 Å². The van der Waals surface area contributed by atoms with Gasteiger partial charge in [-0.25, -0.2) is 0 Å². The van der Waals surface area contributed by atoms with Crippen molar-refractivity contribution >= 4 is 53.1 Å². The summed E-state index contributed by atoms with van der Waals surface area (Å²) >= 11 is 1.69. The van der Waals surface area contributed by atoms with E-state index < -0.39 is 0 Å². The van der Waals surface area contributed by atoms with Gasteiger partial charge in [0.25, 0.3) is 0 Å². The lowest BCUT2D eigenvalue weighted by molar-refractivity contribution is -0.140. The highest BCUT2D eigenvalue weighted by atomic mass is 127. The van der Waals surface area contributed by atoms with Crippen LogP contribution >= 0.6 is 35.3 Å². The predicted molar refractivity (Wildman–Crippen MR) is 139 cm³/mol. The average molecular weight is 564 g/mol. The first-order chi connectivity index (χ1) is 14.5. The third kappa shape index (κ3) is 10.7. The zero-order valence-electron chi connectivity index (χ0n) is 19.1. The molecule has 31 heavy (non-hydrogen) atoms. The molecule has 1 saturated heterocycles. The predicted octanol–water partition coefficient (Wildman–Crippen LogP) is 3.31. The Morgan fingerprint density at radius 1 is 1.06 bits per heavy atom. The first kappa shape index (κ1) is 27.7. The first-order valence-corrected chi connectivity index (χ1v) is 11.9. The Bertz CT molecular complexity index is 673. The van der Waals surface area contributed by atoms with Crippen molar-refractivity contribution in [1.82, 2.24) is 20.4 Å². The van der Waals surface area contributed by atoms with Gasteiger partial charge in [-0.15, -0.1) is 24.0 Å². The summed E-state index contributed by atoms with van der Waals surface area (Å²) in [7, 11) is 1.78. The lowest BCUT2D eigenvalue weighted by atomic mass is 10.1. The van der Waals surface area contributed by atoms with E-state index >= 15 is 0 Å². The minimum atomic E-state index is 0. The van der Waals surface area contributed by atoms with Crippen molar-refractivity contribution in [3.8, 4) is 0 Å². The van der Waals surface area contributed by atoms with Gasteiger partial charge in [0.05, 0.1) is 0 Å². The van der Waals surface area contributed by atoms with E-state index in [2.05, 4.69) is 46.3 Å². The summed E-state index contributed by atoms with van der Waals surface area (Å²) in [4.78, 5) is 32.6. The number of hydrogen-bond acceptors (Lipinski definition) is 4. The zero-order chi connectivity index (χ0) is 21.8. The number of piperazine rings is 1. The molecule has 0 radical (unpaired) electrons. The SMILES string of the molecule is CN=C(NCCCCCC(=O)N1CCN(C(=O)CC(C)C)CC1)NCc1ccsc1.I. The molecule has 1 aromatic heterocycles. The highest BCUT2D eigenvalue weighted by Crippen LogP contribution is 2.10. The van der Waals surface area contributed by atoms with Crippen LogP contribution in [0.3, 0.4) is 0 Å². The van der Waals surface area contributed by atoms with Crippen molar-refractivity contribution in [2.24, 2.45) is 10.9 Å². The molecule has 2 rings (SSSR count). The quantitative estimate of drug-likeness (QED) is 0.198. The van der Waals surface area contributed by atoms with Gasteiger partial charge in [0, 0.05) is 59.2 Å². The van der Waals surface area contributed by atoms with Gasteiger partial charge in [-0.2, -0.15) is 11.3 Å².